The van der Waals surface area contributed by atoms with Gasteiger partial charge in [0.1, 0.15) is 0 Å². The summed E-state index contributed by atoms with van der Waals surface area (Å²) in [6.07, 6.45) is 6.75. The molecule has 3 nitrogen and oxygen atoms in total. The molecule has 3 heteroatoms. The highest BCUT2D eigenvalue weighted by Gasteiger charge is 2.39. The molecule has 1 aliphatic heterocycles. The molecule has 0 radical (unpaired) electrons. The second-order valence-electron chi connectivity index (χ2n) is 6.79. The average molecular weight is 286 g/mol. The number of nitrogens with two attached hydrogens (primary N) is 1. The van der Waals surface area contributed by atoms with Crippen LogP contribution in [0.2, 0.25) is 0 Å². The Labute approximate surface area is 127 Å². The van der Waals surface area contributed by atoms with E-state index in [4.69, 9.17) is 5.73 Å². The van der Waals surface area contributed by atoms with Gasteiger partial charge in [0.05, 0.1) is 6.42 Å². The van der Waals surface area contributed by atoms with Gasteiger partial charge in [-0.2, -0.15) is 0 Å². The highest BCUT2D eigenvalue weighted by atomic mass is 16.2. The van der Waals surface area contributed by atoms with Crippen molar-refractivity contribution < 1.29 is 4.79 Å². The molecule has 1 aliphatic carbocycles. The summed E-state index contributed by atoms with van der Waals surface area (Å²) in [5.74, 6) is 1.77. The maximum atomic E-state index is 12.7. The highest BCUT2D eigenvalue weighted by molar-refractivity contribution is 5.79. The van der Waals surface area contributed by atoms with E-state index in [1.165, 1.54) is 25.7 Å². The van der Waals surface area contributed by atoms with Crippen LogP contribution in [0.4, 0.5) is 5.69 Å². The number of nitrogen functional groups attached to an aromatic ring is 1. The van der Waals surface area contributed by atoms with E-state index >= 15 is 0 Å². The van der Waals surface area contributed by atoms with Crippen LogP contribution in [0.25, 0.3) is 0 Å². The molecule has 1 aromatic carbocycles. The fourth-order valence-electron chi connectivity index (χ4n) is 4.20. The maximum absolute atomic E-state index is 12.7. The summed E-state index contributed by atoms with van der Waals surface area (Å²) in [4.78, 5) is 14.9. The van der Waals surface area contributed by atoms with Gasteiger partial charge in [0.25, 0.3) is 0 Å². The molecule has 2 fully saturated rings. The van der Waals surface area contributed by atoms with Gasteiger partial charge in [-0.05, 0) is 48.8 Å². The van der Waals surface area contributed by atoms with E-state index in [1.807, 2.05) is 24.3 Å². The zero-order valence-electron chi connectivity index (χ0n) is 12.9. The molecule has 2 N–H and O–H groups in total. The fraction of sp³-hybridized carbons (Fsp3) is 0.611. The van der Waals surface area contributed by atoms with Gasteiger partial charge in [0, 0.05) is 18.3 Å². The predicted octanol–water partition coefficient (Wildman–Crippen LogP) is 3.24. The van der Waals surface area contributed by atoms with E-state index in [1.54, 1.807) is 0 Å². The smallest absolute Gasteiger partial charge is 0.227 e. The van der Waals surface area contributed by atoms with Crippen molar-refractivity contribution in [2.24, 2.45) is 11.8 Å². The topological polar surface area (TPSA) is 46.3 Å². The molecule has 21 heavy (non-hydrogen) atoms. The number of fused-ring (bicyclic) bond motifs is 1. The van der Waals surface area contributed by atoms with Gasteiger partial charge in [-0.3, -0.25) is 4.79 Å². The number of likely N-dealkylation sites (tertiary alicyclic amines) is 1. The Morgan fingerprint density at radius 3 is 2.90 bits per heavy atom. The largest absolute Gasteiger partial charge is 0.399 e. The molecule has 0 aromatic heterocycles. The Kier molecular flexibility index (Phi) is 4.18. The van der Waals surface area contributed by atoms with Crippen LogP contribution in [0.5, 0.6) is 0 Å². The minimum absolute atomic E-state index is 0.282. The molecule has 3 unspecified atom stereocenters. The number of anilines is 1. The lowest BCUT2D eigenvalue weighted by atomic mass is 9.72. The van der Waals surface area contributed by atoms with Gasteiger partial charge < -0.3 is 10.6 Å². The summed E-state index contributed by atoms with van der Waals surface area (Å²) in [7, 11) is 0. The number of carbonyl (C=O) groups is 1. The van der Waals surface area contributed by atoms with Gasteiger partial charge in [-0.25, -0.2) is 0 Å². The van der Waals surface area contributed by atoms with E-state index in [2.05, 4.69) is 11.8 Å². The Hall–Kier alpha value is -1.51. The quantitative estimate of drug-likeness (QED) is 0.848. The molecule has 0 spiro atoms. The molecule has 1 saturated carbocycles. The third-order valence-electron chi connectivity index (χ3n) is 5.36. The van der Waals surface area contributed by atoms with Crippen molar-refractivity contribution in [2.75, 3.05) is 12.3 Å². The monoisotopic (exact) mass is 286 g/mol. The zero-order valence-corrected chi connectivity index (χ0v) is 12.9. The van der Waals surface area contributed by atoms with Crippen LogP contribution in [0, 0.1) is 11.8 Å². The van der Waals surface area contributed by atoms with Crippen molar-refractivity contribution in [1.29, 1.82) is 0 Å². The number of carbonyl (C=O) groups excluding carboxylic acids is 1. The van der Waals surface area contributed by atoms with Crippen LogP contribution in [-0.2, 0) is 11.2 Å². The predicted molar refractivity (Wildman–Crippen MR) is 85.8 cm³/mol. The summed E-state index contributed by atoms with van der Waals surface area (Å²) >= 11 is 0. The van der Waals surface area contributed by atoms with Crippen LogP contribution in [0.15, 0.2) is 24.3 Å². The molecule has 2 aliphatic rings. The fourth-order valence-corrected chi connectivity index (χ4v) is 4.20. The Morgan fingerprint density at radius 2 is 2.10 bits per heavy atom. The summed E-state index contributed by atoms with van der Waals surface area (Å²) in [6, 6.07) is 8.20. The SMILES string of the molecule is CC1CCN(C(=O)Cc2cccc(N)c2)C2CCCCC12. The first-order valence-corrected chi connectivity index (χ1v) is 8.29. The van der Waals surface area contributed by atoms with Gasteiger partial charge in [-0.1, -0.05) is 31.9 Å². The first kappa shape index (κ1) is 14.4. The van der Waals surface area contributed by atoms with Crippen LogP contribution in [0.1, 0.15) is 44.6 Å². The van der Waals surface area contributed by atoms with Crippen LogP contribution < -0.4 is 5.73 Å². The number of piperidine rings is 1. The van der Waals surface area contributed by atoms with E-state index < -0.39 is 0 Å². The van der Waals surface area contributed by atoms with E-state index in [0.29, 0.717) is 12.5 Å². The van der Waals surface area contributed by atoms with Gasteiger partial charge in [0.15, 0.2) is 0 Å². The summed E-state index contributed by atoms with van der Waals surface area (Å²) in [5.41, 5.74) is 7.58. The standard InChI is InChI=1S/C18H26N2O/c1-13-9-10-20(17-8-3-2-7-16(13)17)18(21)12-14-5-4-6-15(19)11-14/h4-6,11,13,16-17H,2-3,7-10,12,19H2,1H3. The Morgan fingerprint density at radius 1 is 1.29 bits per heavy atom. The maximum Gasteiger partial charge on any atom is 0.227 e. The number of hydrogen-bond acceptors (Lipinski definition) is 2. The van der Waals surface area contributed by atoms with Gasteiger partial charge in [0.2, 0.25) is 5.91 Å². The molecular weight excluding hydrogens is 260 g/mol. The molecule has 0 bridgehead atoms. The number of amides is 1. The van der Waals surface area contributed by atoms with Crippen LogP contribution in [-0.4, -0.2) is 23.4 Å². The molecule has 1 aromatic rings. The van der Waals surface area contributed by atoms with Crippen LogP contribution >= 0.6 is 0 Å². The lowest BCUT2D eigenvalue weighted by Gasteiger charge is -2.47. The minimum Gasteiger partial charge on any atom is -0.399 e. The summed E-state index contributed by atoms with van der Waals surface area (Å²) in [5, 5.41) is 0. The van der Waals surface area contributed by atoms with Crippen molar-refractivity contribution in [3.63, 3.8) is 0 Å². The van der Waals surface area contributed by atoms with Crippen molar-refractivity contribution >= 4 is 11.6 Å². The second-order valence-corrected chi connectivity index (χ2v) is 6.79. The van der Waals surface area contributed by atoms with Gasteiger partial charge >= 0.3 is 0 Å². The molecular formula is C18H26N2O. The average Bonchev–Trinajstić information content (AvgIpc) is 2.48. The number of hydrogen-bond donors (Lipinski definition) is 1. The lowest BCUT2D eigenvalue weighted by molar-refractivity contribution is -0.138. The van der Waals surface area contributed by atoms with E-state index in [-0.39, 0.29) is 5.91 Å². The summed E-state index contributed by atoms with van der Waals surface area (Å²) < 4.78 is 0. The number of benzene rings is 1. The molecule has 1 saturated heterocycles. The normalized spacial score (nSPS) is 29.0. The molecule has 3 rings (SSSR count). The lowest BCUT2D eigenvalue weighted by Crippen LogP contribution is -2.52. The van der Waals surface area contributed by atoms with Crippen molar-refractivity contribution in [1.82, 2.24) is 4.90 Å². The number of nitrogens with zero attached hydrogens (tertiary/aromatic N) is 1. The summed E-state index contributed by atoms with van der Waals surface area (Å²) in [6.45, 7) is 3.30. The Balaban J connectivity index is 1.71. The van der Waals surface area contributed by atoms with E-state index in [9.17, 15) is 4.79 Å². The van der Waals surface area contributed by atoms with Crippen molar-refractivity contribution in [2.45, 2.75) is 51.5 Å². The van der Waals surface area contributed by atoms with Crippen LogP contribution in [0.3, 0.4) is 0 Å². The molecule has 1 amide bonds. The highest BCUT2D eigenvalue weighted by Crippen LogP contribution is 2.38. The third kappa shape index (κ3) is 3.07. The van der Waals surface area contributed by atoms with E-state index in [0.717, 1.165) is 36.1 Å². The number of rotatable bonds is 2. The third-order valence-corrected chi connectivity index (χ3v) is 5.36. The molecule has 114 valence electrons. The van der Waals surface area contributed by atoms with Crippen molar-refractivity contribution in [3.05, 3.63) is 29.8 Å². The zero-order chi connectivity index (χ0) is 14.8. The Bertz CT molecular complexity index is 514. The second kappa shape index (κ2) is 6.08. The minimum atomic E-state index is 0.282. The molecule has 1 heterocycles. The van der Waals surface area contributed by atoms with Gasteiger partial charge in [-0.15, -0.1) is 0 Å². The molecule has 3 atom stereocenters. The van der Waals surface area contributed by atoms with Crippen molar-refractivity contribution in [3.8, 4) is 0 Å². The first-order valence-electron chi connectivity index (χ1n) is 8.29. The first-order chi connectivity index (χ1) is 10.1.